The molecule has 0 radical (unpaired) electrons. The zero-order chi connectivity index (χ0) is 18.6. The zero-order valence-corrected chi connectivity index (χ0v) is 15.2. The Kier molecular flexibility index (Phi) is 6.20. The van der Waals surface area contributed by atoms with Crippen LogP contribution >= 0.6 is 0 Å². The van der Waals surface area contributed by atoms with Crippen molar-refractivity contribution in [3.8, 4) is 17.9 Å². The van der Waals surface area contributed by atoms with Crippen LogP contribution in [0.2, 0.25) is 0 Å². The van der Waals surface area contributed by atoms with Crippen molar-refractivity contribution in [2.45, 2.75) is 31.8 Å². The second-order valence-corrected chi connectivity index (χ2v) is 6.93. The van der Waals surface area contributed by atoms with Crippen LogP contribution < -0.4 is 0 Å². The number of rotatable bonds is 4. The third-order valence-corrected chi connectivity index (χ3v) is 4.27. The fraction of sp³-hybridized carbons (Fsp3) is 0.500. The maximum Gasteiger partial charge on any atom is 0.238 e. The minimum Gasteiger partial charge on any atom is -0.394 e. The average Bonchev–Trinajstić information content (AvgIpc) is 2.53. The molecule has 1 aromatic carbocycles. The highest BCUT2D eigenvalue weighted by Crippen LogP contribution is 2.40. The van der Waals surface area contributed by atoms with E-state index in [1.165, 1.54) is 4.90 Å². The van der Waals surface area contributed by atoms with Gasteiger partial charge in [0.2, 0.25) is 5.91 Å². The number of likely N-dealkylation sites (N-methyl/N-ethyl adjacent to an activating group) is 1. The lowest BCUT2D eigenvalue weighted by Crippen LogP contribution is -2.66. The molecule has 0 bridgehead atoms. The summed E-state index contributed by atoms with van der Waals surface area (Å²) in [5.74, 6) is 6.23. The van der Waals surface area contributed by atoms with Crippen LogP contribution in [0.5, 0.6) is 0 Å². The van der Waals surface area contributed by atoms with Crippen LogP contribution in [-0.4, -0.2) is 60.1 Å². The number of hydrogen-bond acceptors (Lipinski definition) is 4. The average molecular weight is 339 g/mol. The molecule has 5 nitrogen and oxygen atoms in total. The highest BCUT2D eigenvalue weighted by atomic mass is 16.3. The van der Waals surface area contributed by atoms with Crippen molar-refractivity contribution in [1.82, 2.24) is 9.80 Å². The lowest BCUT2D eigenvalue weighted by molar-refractivity contribution is -0.147. The summed E-state index contributed by atoms with van der Waals surface area (Å²) in [5.41, 5.74) is 1.88. The minimum absolute atomic E-state index is 0.133. The summed E-state index contributed by atoms with van der Waals surface area (Å²) in [6.45, 7) is 4.15. The molecule has 1 N–H and O–H groups in total. The van der Waals surface area contributed by atoms with E-state index in [-0.39, 0.29) is 31.0 Å². The first kappa shape index (κ1) is 19.0. The van der Waals surface area contributed by atoms with E-state index in [0.717, 1.165) is 11.1 Å². The van der Waals surface area contributed by atoms with Gasteiger partial charge < -0.3 is 14.9 Å². The van der Waals surface area contributed by atoms with E-state index in [1.54, 1.807) is 19.0 Å². The molecule has 132 valence electrons. The molecule has 1 fully saturated rings. The van der Waals surface area contributed by atoms with Gasteiger partial charge in [0.15, 0.2) is 0 Å². The molecule has 1 heterocycles. The van der Waals surface area contributed by atoms with Crippen LogP contribution in [0.15, 0.2) is 24.3 Å². The Labute approximate surface area is 149 Å². The third kappa shape index (κ3) is 4.20. The van der Waals surface area contributed by atoms with Gasteiger partial charge in [-0.2, -0.15) is 5.26 Å². The topological polar surface area (TPSA) is 67.6 Å². The van der Waals surface area contributed by atoms with Gasteiger partial charge in [-0.05, 0) is 31.8 Å². The van der Waals surface area contributed by atoms with Gasteiger partial charge in [-0.1, -0.05) is 37.8 Å². The van der Waals surface area contributed by atoms with Gasteiger partial charge in [0.25, 0.3) is 0 Å². The van der Waals surface area contributed by atoms with Crippen molar-refractivity contribution in [2.24, 2.45) is 5.92 Å². The molecule has 2 rings (SSSR count). The summed E-state index contributed by atoms with van der Waals surface area (Å²) in [4.78, 5) is 15.6. The van der Waals surface area contributed by atoms with Crippen molar-refractivity contribution in [3.05, 3.63) is 35.4 Å². The normalized spacial score (nSPS) is 22.2. The zero-order valence-electron chi connectivity index (χ0n) is 15.2. The summed E-state index contributed by atoms with van der Waals surface area (Å²) >= 11 is 0. The van der Waals surface area contributed by atoms with Gasteiger partial charge >= 0.3 is 0 Å². The highest BCUT2D eigenvalue weighted by Gasteiger charge is 2.51. The summed E-state index contributed by atoms with van der Waals surface area (Å²) in [5, 5.41) is 19.3. The monoisotopic (exact) mass is 339 g/mol. The Morgan fingerprint density at radius 2 is 1.96 bits per heavy atom. The summed E-state index contributed by atoms with van der Waals surface area (Å²) < 4.78 is 0. The van der Waals surface area contributed by atoms with Crippen molar-refractivity contribution in [1.29, 1.82) is 5.26 Å². The number of benzene rings is 1. The number of aliphatic hydroxyl groups excluding tert-OH is 1. The molecule has 5 heteroatoms. The first-order chi connectivity index (χ1) is 11.9. The lowest BCUT2D eigenvalue weighted by Gasteiger charge is -2.51. The standard InChI is InChI=1S/C20H25N3O2/c1-14(2)5-6-15-7-9-16(10-8-15)20-17(11-21)23(18(20)13-24)19(25)12-22(3)4/h7-10,14,17-18,20,24H,12-13H2,1-4H3/t17-,18+,20-/m1/s1. The number of carbonyl (C=O) groups is 1. The Morgan fingerprint density at radius 3 is 2.44 bits per heavy atom. The first-order valence-electron chi connectivity index (χ1n) is 8.47. The lowest BCUT2D eigenvalue weighted by atomic mass is 9.75. The molecule has 1 aliphatic rings. The van der Waals surface area contributed by atoms with Gasteiger partial charge in [-0.3, -0.25) is 4.79 Å². The number of amides is 1. The smallest absolute Gasteiger partial charge is 0.238 e. The van der Waals surface area contributed by atoms with E-state index in [4.69, 9.17) is 0 Å². The predicted octanol–water partition coefficient (Wildman–Crippen LogP) is 1.43. The molecule has 0 aliphatic carbocycles. The number of hydrogen-bond donors (Lipinski definition) is 1. The van der Waals surface area contributed by atoms with Crippen LogP contribution in [0.25, 0.3) is 0 Å². The highest BCUT2D eigenvalue weighted by molar-refractivity contribution is 5.81. The van der Waals surface area contributed by atoms with Gasteiger partial charge in [0, 0.05) is 17.4 Å². The molecule has 25 heavy (non-hydrogen) atoms. The van der Waals surface area contributed by atoms with Crippen molar-refractivity contribution in [3.63, 3.8) is 0 Å². The quantitative estimate of drug-likeness (QED) is 0.843. The summed E-state index contributed by atoms with van der Waals surface area (Å²) in [6.07, 6.45) is 0. The molecule has 1 amide bonds. The molecule has 0 spiro atoms. The Balaban J connectivity index is 2.20. The van der Waals surface area contributed by atoms with Crippen LogP contribution in [0.1, 0.15) is 30.9 Å². The second-order valence-electron chi connectivity index (χ2n) is 6.93. The predicted molar refractivity (Wildman–Crippen MR) is 96.6 cm³/mol. The van der Waals surface area contributed by atoms with E-state index in [9.17, 15) is 15.2 Å². The number of nitriles is 1. The van der Waals surface area contributed by atoms with Gasteiger partial charge in [0.05, 0.1) is 25.3 Å². The van der Waals surface area contributed by atoms with E-state index in [0.29, 0.717) is 5.92 Å². The maximum absolute atomic E-state index is 12.4. The molecule has 1 aromatic rings. The van der Waals surface area contributed by atoms with Crippen LogP contribution in [0, 0.1) is 29.1 Å². The molecule has 0 unspecified atom stereocenters. The van der Waals surface area contributed by atoms with Gasteiger partial charge in [-0.25, -0.2) is 0 Å². The molecule has 0 aromatic heterocycles. The molecular formula is C20H25N3O2. The second kappa shape index (κ2) is 8.16. The fourth-order valence-electron chi connectivity index (χ4n) is 3.12. The molecular weight excluding hydrogens is 314 g/mol. The van der Waals surface area contributed by atoms with Gasteiger partial charge in [-0.15, -0.1) is 0 Å². The van der Waals surface area contributed by atoms with E-state index >= 15 is 0 Å². The van der Waals surface area contributed by atoms with Gasteiger partial charge in [0.1, 0.15) is 6.04 Å². The van der Waals surface area contributed by atoms with Crippen LogP contribution in [-0.2, 0) is 4.79 Å². The van der Waals surface area contributed by atoms with Crippen LogP contribution in [0.4, 0.5) is 0 Å². The number of nitrogens with zero attached hydrogens (tertiary/aromatic N) is 3. The maximum atomic E-state index is 12.4. The van der Waals surface area contributed by atoms with E-state index in [2.05, 4.69) is 17.9 Å². The minimum atomic E-state index is -0.544. The number of carbonyl (C=O) groups excluding carboxylic acids is 1. The third-order valence-electron chi connectivity index (χ3n) is 4.27. The Hall–Kier alpha value is -2.34. The molecule has 3 atom stereocenters. The van der Waals surface area contributed by atoms with Crippen LogP contribution in [0.3, 0.4) is 0 Å². The molecule has 0 saturated carbocycles. The Bertz CT molecular complexity index is 707. The number of likely N-dealkylation sites (tertiary alicyclic amines) is 1. The molecule has 1 aliphatic heterocycles. The van der Waals surface area contributed by atoms with Crippen molar-refractivity contribution >= 4 is 5.91 Å². The largest absolute Gasteiger partial charge is 0.394 e. The molecule has 1 saturated heterocycles. The Morgan fingerprint density at radius 1 is 1.32 bits per heavy atom. The fourth-order valence-corrected chi connectivity index (χ4v) is 3.12. The summed E-state index contributed by atoms with van der Waals surface area (Å²) in [6, 6.07) is 9.06. The number of aliphatic hydroxyl groups is 1. The SMILES string of the molecule is CC(C)C#Cc1ccc([C@@H]2[C@@H](C#N)N(C(=O)CN(C)C)[C@H]2CO)cc1. The van der Waals surface area contributed by atoms with E-state index in [1.807, 2.05) is 38.1 Å². The van der Waals surface area contributed by atoms with Crippen molar-refractivity contribution < 1.29 is 9.90 Å². The first-order valence-corrected chi connectivity index (χ1v) is 8.47. The summed E-state index contributed by atoms with van der Waals surface area (Å²) in [7, 11) is 3.61. The van der Waals surface area contributed by atoms with E-state index < -0.39 is 6.04 Å². The van der Waals surface area contributed by atoms with Crippen molar-refractivity contribution in [2.75, 3.05) is 27.2 Å².